The lowest BCUT2D eigenvalue weighted by Gasteiger charge is -2.23. The Balaban J connectivity index is 0.00000210. The molecule has 7 nitrogen and oxygen atoms in total. The van der Waals surface area contributed by atoms with Crippen molar-refractivity contribution < 1.29 is 10.0 Å². The molecule has 2 fully saturated rings. The van der Waals surface area contributed by atoms with E-state index in [0.717, 1.165) is 31.2 Å². The van der Waals surface area contributed by atoms with Crippen LogP contribution in [-0.2, 0) is 4.79 Å². The summed E-state index contributed by atoms with van der Waals surface area (Å²) in [6, 6.07) is 0.413. The van der Waals surface area contributed by atoms with Crippen molar-refractivity contribution >= 4 is 42.6 Å². The second kappa shape index (κ2) is 13.7. The van der Waals surface area contributed by atoms with Crippen molar-refractivity contribution in [3.8, 4) is 0 Å². The fourth-order valence-electron chi connectivity index (χ4n) is 4.14. The van der Waals surface area contributed by atoms with Gasteiger partial charge in [-0.25, -0.2) is 10.5 Å². The average Bonchev–Trinajstić information content (AvgIpc) is 3.15. The van der Waals surface area contributed by atoms with Gasteiger partial charge in [0.25, 0.3) is 5.91 Å². The molecule has 9 heteroatoms. The zero-order valence-electron chi connectivity index (χ0n) is 16.8. The number of hydroxylamine groups is 1. The standard InChI is InChI=1S/C20H31N5O2.2ClH/c26-20(24-27)9-8-17-13-22-19(14-21-17)23-18-10-12-25(15-18)11-4-7-16-5-2-1-3-6-16;;/h8-9,13-14,16,18,27H,1-7,10-12,15H2,(H,22,23)(H,24,26);2*1H/t18-;;/m1../s1. The van der Waals surface area contributed by atoms with E-state index in [-0.39, 0.29) is 24.8 Å². The van der Waals surface area contributed by atoms with Gasteiger partial charge in [-0.3, -0.25) is 15.0 Å². The van der Waals surface area contributed by atoms with Gasteiger partial charge in [-0.2, -0.15) is 0 Å². The van der Waals surface area contributed by atoms with Crippen molar-refractivity contribution in [3.05, 3.63) is 24.2 Å². The number of nitrogens with zero attached hydrogens (tertiary/aromatic N) is 3. The predicted molar refractivity (Wildman–Crippen MR) is 120 cm³/mol. The molecule has 2 heterocycles. The monoisotopic (exact) mass is 445 g/mol. The molecule has 0 spiro atoms. The van der Waals surface area contributed by atoms with Gasteiger partial charge in [0.05, 0.1) is 18.1 Å². The Kier molecular flexibility index (Phi) is 12.1. The van der Waals surface area contributed by atoms with Crippen molar-refractivity contribution in [3.63, 3.8) is 0 Å². The third-order valence-corrected chi connectivity index (χ3v) is 5.62. The molecular formula is C20H33Cl2N5O2. The molecule has 1 aromatic heterocycles. The van der Waals surface area contributed by atoms with Crippen molar-refractivity contribution in [2.24, 2.45) is 5.92 Å². The number of carbonyl (C=O) groups excluding carboxylic acids is 1. The number of hydrogen-bond acceptors (Lipinski definition) is 6. The van der Waals surface area contributed by atoms with Crippen LogP contribution in [0.5, 0.6) is 0 Å². The maximum absolute atomic E-state index is 11.0. The zero-order valence-corrected chi connectivity index (χ0v) is 18.4. The molecular weight excluding hydrogens is 413 g/mol. The first-order chi connectivity index (χ1) is 13.2. The van der Waals surface area contributed by atoms with Crippen LogP contribution in [0.25, 0.3) is 6.08 Å². The van der Waals surface area contributed by atoms with Gasteiger partial charge in [-0.1, -0.05) is 32.1 Å². The van der Waals surface area contributed by atoms with Crippen LogP contribution in [0.4, 0.5) is 5.82 Å². The van der Waals surface area contributed by atoms with Crippen LogP contribution < -0.4 is 10.8 Å². The molecule has 0 aromatic carbocycles. The number of anilines is 1. The Morgan fingerprint density at radius 1 is 1.17 bits per heavy atom. The van der Waals surface area contributed by atoms with Crippen molar-refractivity contribution in [1.29, 1.82) is 0 Å². The molecule has 164 valence electrons. The molecule has 1 aliphatic heterocycles. The van der Waals surface area contributed by atoms with Gasteiger partial charge in [-0.15, -0.1) is 24.8 Å². The number of carbonyl (C=O) groups is 1. The number of nitrogens with one attached hydrogen (secondary N) is 2. The summed E-state index contributed by atoms with van der Waals surface area (Å²) in [6.07, 6.45) is 17.0. The lowest BCUT2D eigenvalue weighted by Crippen LogP contribution is -2.27. The number of halogens is 2. The normalized spacial score (nSPS) is 20.1. The highest BCUT2D eigenvalue weighted by atomic mass is 35.5. The Labute approximate surface area is 185 Å². The third kappa shape index (κ3) is 8.86. The van der Waals surface area contributed by atoms with Crippen LogP contribution in [0.15, 0.2) is 18.5 Å². The van der Waals surface area contributed by atoms with Gasteiger partial charge in [0.1, 0.15) is 5.82 Å². The largest absolute Gasteiger partial charge is 0.365 e. The molecule has 1 amide bonds. The van der Waals surface area contributed by atoms with Gasteiger partial charge in [0.15, 0.2) is 0 Å². The Morgan fingerprint density at radius 2 is 1.97 bits per heavy atom. The van der Waals surface area contributed by atoms with Gasteiger partial charge in [0, 0.05) is 25.2 Å². The minimum atomic E-state index is -0.589. The maximum atomic E-state index is 11.0. The highest BCUT2D eigenvalue weighted by Crippen LogP contribution is 2.27. The summed E-state index contributed by atoms with van der Waals surface area (Å²) < 4.78 is 0. The first-order valence-corrected chi connectivity index (χ1v) is 10.2. The average molecular weight is 446 g/mol. The fraction of sp³-hybridized carbons (Fsp3) is 0.650. The van der Waals surface area contributed by atoms with Gasteiger partial charge in [-0.05, 0) is 37.8 Å². The number of rotatable bonds is 8. The molecule has 1 saturated heterocycles. The van der Waals surface area contributed by atoms with E-state index in [1.165, 1.54) is 63.6 Å². The highest BCUT2D eigenvalue weighted by Gasteiger charge is 2.22. The first-order valence-electron chi connectivity index (χ1n) is 10.2. The van der Waals surface area contributed by atoms with Crippen LogP contribution in [0, 0.1) is 5.92 Å². The molecule has 29 heavy (non-hydrogen) atoms. The molecule has 1 atom stereocenters. The van der Waals surface area contributed by atoms with Crippen LogP contribution in [-0.4, -0.2) is 51.7 Å². The molecule has 1 aliphatic carbocycles. The van der Waals surface area contributed by atoms with E-state index in [4.69, 9.17) is 5.21 Å². The van der Waals surface area contributed by atoms with E-state index in [1.807, 2.05) is 0 Å². The first kappa shape index (κ1) is 25.6. The summed E-state index contributed by atoms with van der Waals surface area (Å²) in [4.78, 5) is 22.1. The van der Waals surface area contributed by atoms with Crippen molar-refractivity contribution in [1.82, 2.24) is 20.3 Å². The van der Waals surface area contributed by atoms with Gasteiger partial charge < -0.3 is 10.2 Å². The Morgan fingerprint density at radius 3 is 2.66 bits per heavy atom. The number of amides is 1. The van der Waals surface area contributed by atoms with Gasteiger partial charge >= 0.3 is 0 Å². The molecule has 2 aliphatic rings. The topological polar surface area (TPSA) is 90.4 Å². The molecule has 1 aromatic rings. The molecule has 0 radical (unpaired) electrons. The summed E-state index contributed by atoms with van der Waals surface area (Å²) in [6.45, 7) is 3.41. The maximum Gasteiger partial charge on any atom is 0.267 e. The second-order valence-corrected chi connectivity index (χ2v) is 7.71. The third-order valence-electron chi connectivity index (χ3n) is 5.62. The Hall–Kier alpha value is -1.41. The fourth-order valence-corrected chi connectivity index (χ4v) is 4.14. The summed E-state index contributed by atoms with van der Waals surface area (Å²) in [7, 11) is 0. The van der Waals surface area contributed by atoms with Crippen molar-refractivity contribution in [2.75, 3.05) is 25.0 Å². The summed E-state index contributed by atoms with van der Waals surface area (Å²) in [5, 5.41) is 11.9. The molecule has 3 rings (SSSR count). The summed E-state index contributed by atoms with van der Waals surface area (Å²) in [5.41, 5.74) is 2.11. The SMILES string of the molecule is Cl.Cl.O=C(C=Cc1cnc(N[C@@H]2CCN(CCCC3CCCCC3)C2)cn1)NO. The van der Waals surface area contributed by atoms with E-state index < -0.39 is 5.91 Å². The number of aromatic nitrogens is 2. The molecule has 1 saturated carbocycles. The van der Waals surface area contributed by atoms with Crippen molar-refractivity contribution in [2.45, 2.75) is 57.4 Å². The summed E-state index contributed by atoms with van der Waals surface area (Å²) in [5.74, 6) is 1.14. The van der Waals surface area contributed by atoms with E-state index in [0.29, 0.717) is 11.7 Å². The van der Waals surface area contributed by atoms with Crippen LogP contribution in [0.3, 0.4) is 0 Å². The molecule has 0 unspecified atom stereocenters. The lowest BCUT2D eigenvalue weighted by molar-refractivity contribution is -0.124. The van der Waals surface area contributed by atoms with E-state index in [1.54, 1.807) is 17.9 Å². The quantitative estimate of drug-likeness (QED) is 0.321. The Bertz CT molecular complexity index is 624. The summed E-state index contributed by atoms with van der Waals surface area (Å²) >= 11 is 0. The number of likely N-dealkylation sites (tertiary alicyclic amines) is 1. The van der Waals surface area contributed by atoms with Gasteiger partial charge in [0.2, 0.25) is 0 Å². The second-order valence-electron chi connectivity index (χ2n) is 7.71. The zero-order chi connectivity index (χ0) is 18.9. The highest BCUT2D eigenvalue weighted by molar-refractivity contribution is 5.90. The van der Waals surface area contributed by atoms with Crippen LogP contribution in [0.2, 0.25) is 0 Å². The minimum Gasteiger partial charge on any atom is -0.365 e. The van der Waals surface area contributed by atoms with Crippen LogP contribution in [0.1, 0.15) is 57.1 Å². The predicted octanol–water partition coefficient (Wildman–Crippen LogP) is 3.69. The van der Waals surface area contributed by atoms with E-state index >= 15 is 0 Å². The molecule has 0 bridgehead atoms. The van der Waals surface area contributed by atoms with E-state index in [2.05, 4.69) is 20.2 Å². The minimum absolute atomic E-state index is 0. The van der Waals surface area contributed by atoms with E-state index in [9.17, 15) is 4.79 Å². The van der Waals surface area contributed by atoms with Crippen LogP contribution >= 0.6 is 24.8 Å². The number of hydrogen-bond donors (Lipinski definition) is 3. The smallest absolute Gasteiger partial charge is 0.267 e. The molecule has 3 N–H and O–H groups in total. The lowest BCUT2D eigenvalue weighted by atomic mass is 9.86.